The third-order valence-electron chi connectivity index (χ3n) is 5.24. The minimum atomic E-state index is -0.122. The molecule has 0 saturated carbocycles. The second-order valence-electron chi connectivity index (χ2n) is 7.10. The average Bonchev–Trinajstić information content (AvgIpc) is 3.02. The van der Waals surface area contributed by atoms with E-state index >= 15 is 0 Å². The first-order valence-electron chi connectivity index (χ1n) is 9.65. The van der Waals surface area contributed by atoms with Gasteiger partial charge in [0.1, 0.15) is 5.82 Å². The van der Waals surface area contributed by atoms with Crippen molar-refractivity contribution in [1.29, 1.82) is 0 Å². The summed E-state index contributed by atoms with van der Waals surface area (Å²) in [6.45, 7) is 3.59. The monoisotopic (exact) mass is 414 g/mol. The second kappa shape index (κ2) is 7.87. The number of rotatable bonds is 4. The molecule has 0 amide bonds. The van der Waals surface area contributed by atoms with Gasteiger partial charge in [0.15, 0.2) is 5.65 Å². The number of anilines is 2. The molecule has 2 aromatic heterocycles. The number of carbonyl (C=O) groups excluding carboxylic acids is 1. The van der Waals surface area contributed by atoms with E-state index in [1.54, 1.807) is 11.7 Å². The van der Waals surface area contributed by atoms with E-state index in [0.717, 1.165) is 16.6 Å². The summed E-state index contributed by atoms with van der Waals surface area (Å²) in [4.78, 5) is 23.6. The van der Waals surface area contributed by atoms with Crippen molar-refractivity contribution >= 4 is 40.4 Å². The molecule has 152 valence electrons. The Morgan fingerprint density at radius 2 is 1.93 bits per heavy atom. The number of hydrogen-bond donors (Lipinski definition) is 1. The van der Waals surface area contributed by atoms with Crippen LogP contribution in [0.5, 0.6) is 0 Å². The number of benzene rings is 1. The van der Waals surface area contributed by atoms with Crippen LogP contribution in [-0.4, -0.2) is 45.4 Å². The molecule has 0 atom stereocenters. The molecule has 0 spiro atoms. The van der Waals surface area contributed by atoms with Crippen LogP contribution in [0.3, 0.4) is 0 Å². The fourth-order valence-electron chi connectivity index (χ4n) is 3.64. The van der Waals surface area contributed by atoms with Gasteiger partial charge in [-0.25, -0.2) is 4.98 Å². The third kappa shape index (κ3) is 3.72. The topological polar surface area (TPSA) is 99.2 Å². The summed E-state index contributed by atoms with van der Waals surface area (Å²) < 4.78 is 6.76. The molecule has 29 heavy (non-hydrogen) atoms. The molecule has 1 aliphatic heterocycles. The number of hydrogen-bond acceptors (Lipinski definition) is 7. The number of aryl methyl sites for hydroxylation is 1. The van der Waals surface area contributed by atoms with Crippen LogP contribution in [-0.2, 0) is 16.6 Å². The Morgan fingerprint density at radius 3 is 2.59 bits per heavy atom. The molecule has 8 nitrogen and oxygen atoms in total. The van der Waals surface area contributed by atoms with E-state index in [9.17, 15) is 4.79 Å². The van der Waals surface area contributed by atoms with E-state index in [1.165, 1.54) is 0 Å². The number of aromatic nitrogens is 4. The first-order valence-corrected chi connectivity index (χ1v) is 10.0. The number of piperidine rings is 1. The molecule has 9 heteroatoms. The van der Waals surface area contributed by atoms with E-state index in [2.05, 4.69) is 15.0 Å². The van der Waals surface area contributed by atoms with Gasteiger partial charge in [-0.15, -0.1) is 0 Å². The molecular weight excluding hydrogens is 392 g/mol. The predicted octanol–water partition coefficient (Wildman–Crippen LogP) is 3.05. The van der Waals surface area contributed by atoms with Crippen molar-refractivity contribution in [3.8, 4) is 11.3 Å². The highest BCUT2D eigenvalue weighted by atomic mass is 35.5. The van der Waals surface area contributed by atoms with Gasteiger partial charge in [-0.2, -0.15) is 10.1 Å². The Bertz CT molecular complexity index is 1040. The van der Waals surface area contributed by atoms with Gasteiger partial charge < -0.3 is 15.4 Å². The van der Waals surface area contributed by atoms with Gasteiger partial charge in [0.05, 0.1) is 23.6 Å². The lowest BCUT2D eigenvalue weighted by Gasteiger charge is -2.31. The first kappa shape index (κ1) is 19.4. The van der Waals surface area contributed by atoms with Crippen LogP contribution in [0.1, 0.15) is 19.8 Å². The molecule has 0 radical (unpaired) electrons. The SMILES string of the molecule is CCOC(=O)C1CCN(c2nc(-c3ccc(Cl)cc3)c3c(N)n(C)nc3n2)CC1. The van der Waals surface area contributed by atoms with Gasteiger partial charge in [0, 0.05) is 30.7 Å². The van der Waals surface area contributed by atoms with Crippen LogP contribution >= 0.6 is 11.6 Å². The van der Waals surface area contributed by atoms with Crippen LogP contribution in [0.15, 0.2) is 24.3 Å². The molecule has 3 aromatic rings. The molecule has 1 aromatic carbocycles. The molecule has 0 bridgehead atoms. The predicted molar refractivity (Wildman–Crippen MR) is 113 cm³/mol. The molecule has 2 N–H and O–H groups in total. The van der Waals surface area contributed by atoms with E-state index in [-0.39, 0.29) is 11.9 Å². The zero-order valence-corrected chi connectivity index (χ0v) is 17.2. The summed E-state index contributed by atoms with van der Waals surface area (Å²) in [5, 5.41) is 5.83. The number of halogens is 1. The fourth-order valence-corrected chi connectivity index (χ4v) is 3.76. The Kier molecular flexibility index (Phi) is 5.27. The number of nitrogen functional groups attached to an aromatic ring is 1. The third-order valence-corrected chi connectivity index (χ3v) is 5.49. The van der Waals surface area contributed by atoms with Gasteiger partial charge >= 0.3 is 5.97 Å². The summed E-state index contributed by atoms with van der Waals surface area (Å²) >= 11 is 6.05. The summed E-state index contributed by atoms with van der Waals surface area (Å²) in [7, 11) is 1.78. The van der Waals surface area contributed by atoms with E-state index < -0.39 is 0 Å². The maximum atomic E-state index is 12.0. The molecular formula is C20H23ClN6O2. The lowest BCUT2D eigenvalue weighted by atomic mass is 9.97. The second-order valence-corrected chi connectivity index (χ2v) is 7.54. The van der Waals surface area contributed by atoms with Crippen molar-refractivity contribution in [2.24, 2.45) is 13.0 Å². The van der Waals surface area contributed by atoms with E-state index in [0.29, 0.717) is 55.0 Å². The lowest BCUT2D eigenvalue weighted by molar-refractivity contribution is -0.148. The van der Waals surface area contributed by atoms with Crippen molar-refractivity contribution < 1.29 is 9.53 Å². The van der Waals surface area contributed by atoms with Gasteiger partial charge in [-0.05, 0) is 31.9 Å². The highest BCUT2D eigenvalue weighted by Gasteiger charge is 2.28. The van der Waals surface area contributed by atoms with Crippen LogP contribution in [0.2, 0.25) is 5.02 Å². The van der Waals surface area contributed by atoms with Gasteiger partial charge in [-0.3, -0.25) is 9.48 Å². The van der Waals surface area contributed by atoms with E-state index in [1.807, 2.05) is 31.2 Å². The van der Waals surface area contributed by atoms with Gasteiger partial charge in [0.25, 0.3) is 0 Å². The minimum absolute atomic E-state index is 0.0730. The Labute approximate surface area is 173 Å². The quantitative estimate of drug-likeness (QED) is 0.655. The van der Waals surface area contributed by atoms with Crippen LogP contribution in [0, 0.1) is 5.92 Å². The molecule has 0 aliphatic carbocycles. The Balaban J connectivity index is 1.69. The lowest BCUT2D eigenvalue weighted by Crippen LogP contribution is -2.38. The molecule has 1 saturated heterocycles. The molecule has 0 unspecified atom stereocenters. The number of esters is 1. The zero-order chi connectivity index (χ0) is 20.5. The van der Waals surface area contributed by atoms with E-state index in [4.69, 9.17) is 27.1 Å². The Morgan fingerprint density at radius 1 is 1.24 bits per heavy atom. The molecule has 1 aliphatic rings. The maximum absolute atomic E-state index is 12.0. The van der Waals surface area contributed by atoms with Gasteiger partial charge in [-0.1, -0.05) is 23.7 Å². The molecule has 3 heterocycles. The van der Waals surface area contributed by atoms with Crippen molar-refractivity contribution in [3.05, 3.63) is 29.3 Å². The van der Waals surface area contributed by atoms with Crippen LogP contribution in [0.25, 0.3) is 22.3 Å². The minimum Gasteiger partial charge on any atom is -0.466 e. The number of ether oxygens (including phenoxy) is 1. The number of nitrogens with two attached hydrogens (primary N) is 1. The average molecular weight is 415 g/mol. The van der Waals surface area contributed by atoms with Crippen molar-refractivity contribution in [1.82, 2.24) is 19.7 Å². The van der Waals surface area contributed by atoms with Crippen LogP contribution < -0.4 is 10.6 Å². The Hall–Kier alpha value is -2.87. The molecule has 4 rings (SSSR count). The van der Waals surface area contributed by atoms with Crippen LogP contribution in [0.4, 0.5) is 11.8 Å². The highest BCUT2D eigenvalue weighted by molar-refractivity contribution is 6.30. The number of nitrogens with zero attached hydrogens (tertiary/aromatic N) is 5. The standard InChI is InChI=1S/C20H23ClN6O2/c1-3-29-19(28)13-8-10-27(11-9-13)20-23-16(12-4-6-14(21)7-5-12)15-17(22)26(2)25-18(15)24-20/h4-7,13H,3,8-11,22H2,1-2H3. The highest BCUT2D eigenvalue weighted by Crippen LogP contribution is 2.33. The maximum Gasteiger partial charge on any atom is 0.309 e. The number of carbonyl (C=O) groups is 1. The first-order chi connectivity index (χ1) is 14.0. The fraction of sp³-hybridized carbons (Fsp3) is 0.400. The van der Waals surface area contributed by atoms with Crippen molar-refractivity contribution in [2.45, 2.75) is 19.8 Å². The van der Waals surface area contributed by atoms with Crippen molar-refractivity contribution in [3.63, 3.8) is 0 Å². The summed E-state index contributed by atoms with van der Waals surface area (Å²) in [5.74, 6) is 0.902. The number of fused-ring (bicyclic) bond motifs is 1. The molecule has 1 fully saturated rings. The van der Waals surface area contributed by atoms with Crippen molar-refractivity contribution in [2.75, 3.05) is 30.3 Å². The largest absolute Gasteiger partial charge is 0.466 e. The summed E-state index contributed by atoms with van der Waals surface area (Å²) in [6.07, 6.45) is 1.42. The van der Waals surface area contributed by atoms with Gasteiger partial charge in [0.2, 0.25) is 5.95 Å². The summed E-state index contributed by atoms with van der Waals surface area (Å²) in [5.41, 5.74) is 8.41. The normalized spacial score (nSPS) is 15.1. The zero-order valence-electron chi connectivity index (χ0n) is 16.4. The summed E-state index contributed by atoms with van der Waals surface area (Å²) in [6, 6.07) is 7.46. The smallest absolute Gasteiger partial charge is 0.309 e.